The van der Waals surface area contributed by atoms with Crippen molar-refractivity contribution in [2.45, 2.75) is 43.9 Å². The van der Waals surface area contributed by atoms with Crippen LogP contribution in [0.3, 0.4) is 0 Å². The summed E-state index contributed by atoms with van der Waals surface area (Å²) < 4.78 is 0. The highest BCUT2D eigenvalue weighted by atomic mass is 32.2. The van der Waals surface area contributed by atoms with Gasteiger partial charge in [0, 0.05) is 5.75 Å². The number of thiol groups is 1. The second-order valence-corrected chi connectivity index (χ2v) is 8.48. The van der Waals surface area contributed by atoms with E-state index in [4.69, 9.17) is 10.8 Å². The van der Waals surface area contributed by atoms with Crippen molar-refractivity contribution in [1.82, 2.24) is 16.0 Å². The lowest BCUT2D eigenvalue weighted by atomic mass is 10.1. The van der Waals surface area contributed by atoms with E-state index in [1.54, 1.807) is 12.1 Å². The molecule has 0 bridgehead atoms. The predicted molar refractivity (Wildman–Crippen MR) is 126 cm³/mol. The first-order valence-electron chi connectivity index (χ1n) is 9.86. The van der Waals surface area contributed by atoms with Crippen molar-refractivity contribution < 1.29 is 29.4 Å². The lowest BCUT2D eigenvalue weighted by Crippen LogP contribution is -2.57. The molecule has 4 unspecified atom stereocenters. The number of nitrogens with two attached hydrogens (primary N) is 1. The van der Waals surface area contributed by atoms with Crippen molar-refractivity contribution in [1.29, 1.82) is 0 Å². The van der Waals surface area contributed by atoms with Gasteiger partial charge >= 0.3 is 5.97 Å². The Kier molecular flexibility index (Phi) is 12.0. The topological polar surface area (TPSA) is 171 Å². The van der Waals surface area contributed by atoms with Gasteiger partial charge < -0.3 is 31.9 Å². The third-order valence-electron chi connectivity index (χ3n) is 4.52. The molecule has 0 aliphatic carbocycles. The first-order valence-corrected chi connectivity index (χ1v) is 11.9. The highest BCUT2D eigenvalue weighted by Crippen LogP contribution is 2.11. The molecule has 0 aliphatic heterocycles. The summed E-state index contributed by atoms with van der Waals surface area (Å²) in [6, 6.07) is 2.16. The van der Waals surface area contributed by atoms with Crippen LogP contribution >= 0.6 is 24.4 Å². The molecule has 1 aromatic rings. The van der Waals surface area contributed by atoms with Gasteiger partial charge in [0.1, 0.15) is 23.9 Å². The van der Waals surface area contributed by atoms with Gasteiger partial charge in [-0.2, -0.15) is 24.4 Å². The summed E-state index contributed by atoms with van der Waals surface area (Å²) >= 11 is 5.57. The van der Waals surface area contributed by atoms with Gasteiger partial charge in [0.25, 0.3) is 0 Å². The highest BCUT2D eigenvalue weighted by molar-refractivity contribution is 7.98. The summed E-state index contributed by atoms with van der Waals surface area (Å²) in [6.07, 6.45) is 2.31. The summed E-state index contributed by atoms with van der Waals surface area (Å²) in [4.78, 5) is 48.6. The molecule has 0 heterocycles. The van der Waals surface area contributed by atoms with Crippen molar-refractivity contribution in [3.05, 3.63) is 29.8 Å². The molecule has 4 atom stereocenters. The standard InChI is InChI=1S/C20H30N4O6S2/c1-11(20(29)30)22-18(27)15(7-8-32-2)23-19(28)16(10-31)24-17(26)14(21)9-12-3-5-13(25)6-4-12/h3-6,11,14-16,25,31H,7-10,21H2,1-2H3,(H,22,27)(H,23,28)(H,24,26)(H,29,30). The zero-order chi connectivity index (χ0) is 24.3. The van der Waals surface area contributed by atoms with Gasteiger partial charge in [-0.3, -0.25) is 19.2 Å². The Morgan fingerprint density at radius 3 is 2.12 bits per heavy atom. The van der Waals surface area contributed by atoms with E-state index in [9.17, 15) is 24.3 Å². The third-order valence-corrected chi connectivity index (χ3v) is 5.53. The normalized spacial score (nSPS) is 14.5. The van der Waals surface area contributed by atoms with Crippen LogP contribution in [0.2, 0.25) is 0 Å². The van der Waals surface area contributed by atoms with E-state index >= 15 is 0 Å². The predicted octanol–water partition coefficient (Wildman–Crippen LogP) is -0.496. The van der Waals surface area contributed by atoms with E-state index in [0.717, 1.165) is 5.56 Å². The Balaban J connectivity index is 2.75. The Bertz CT molecular complexity index is 793. The number of hydrogen-bond acceptors (Lipinski definition) is 8. The van der Waals surface area contributed by atoms with Crippen LogP contribution < -0.4 is 21.7 Å². The molecule has 10 nitrogen and oxygen atoms in total. The third kappa shape index (κ3) is 9.37. The number of carbonyl (C=O) groups is 4. The average Bonchev–Trinajstić information content (AvgIpc) is 2.75. The number of rotatable bonds is 13. The quantitative estimate of drug-likeness (QED) is 0.183. The van der Waals surface area contributed by atoms with Crippen LogP contribution in [0.25, 0.3) is 0 Å². The zero-order valence-electron chi connectivity index (χ0n) is 17.9. The molecule has 0 aliphatic rings. The number of aromatic hydroxyl groups is 1. The van der Waals surface area contributed by atoms with Crippen LogP contribution in [0.1, 0.15) is 18.9 Å². The number of carboxylic acid groups (broad SMARTS) is 1. The minimum absolute atomic E-state index is 0.0358. The first kappa shape index (κ1) is 27.6. The van der Waals surface area contributed by atoms with Crippen molar-refractivity contribution in [2.24, 2.45) is 5.73 Å². The fourth-order valence-corrected chi connectivity index (χ4v) is 3.33. The van der Waals surface area contributed by atoms with E-state index in [-0.39, 0.29) is 24.3 Å². The summed E-state index contributed by atoms with van der Waals surface area (Å²) in [5, 5.41) is 25.7. The number of hydrogen-bond donors (Lipinski definition) is 7. The molecule has 32 heavy (non-hydrogen) atoms. The molecule has 0 spiro atoms. The SMILES string of the molecule is CSCCC(NC(=O)C(CS)NC(=O)C(N)Cc1ccc(O)cc1)C(=O)NC(C)C(=O)O. The summed E-state index contributed by atoms with van der Waals surface area (Å²) in [5.74, 6) is -2.42. The second-order valence-electron chi connectivity index (χ2n) is 7.13. The largest absolute Gasteiger partial charge is 0.508 e. The molecule has 0 aromatic heterocycles. The molecule has 1 rings (SSSR count). The number of thioether (sulfide) groups is 1. The Hall–Kier alpha value is -2.44. The van der Waals surface area contributed by atoms with Crippen LogP contribution in [0.15, 0.2) is 24.3 Å². The maximum absolute atomic E-state index is 12.7. The first-order chi connectivity index (χ1) is 15.1. The van der Waals surface area contributed by atoms with Gasteiger partial charge in [-0.05, 0) is 49.5 Å². The minimum atomic E-state index is -1.20. The van der Waals surface area contributed by atoms with E-state index in [0.29, 0.717) is 5.75 Å². The van der Waals surface area contributed by atoms with E-state index in [2.05, 4.69) is 28.6 Å². The van der Waals surface area contributed by atoms with Crippen LogP contribution in [-0.4, -0.2) is 75.8 Å². The molecule has 178 valence electrons. The molecule has 0 fully saturated rings. The molecule has 0 saturated heterocycles. The van der Waals surface area contributed by atoms with Crippen molar-refractivity contribution >= 4 is 48.1 Å². The van der Waals surface area contributed by atoms with Gasteiger partial charge in [0.05, 0.1) is 6.04 Å². The van der Waals surface area contributed by atoms with Crippen LogP contribution in [0.5, 0.6) is 5.75 Å². The van der Waals surface area contributed by atoms with Crippen molar-refractivity contribution in [3.63, 3.8) is 0 Å². The van der Waals surface area contributed by atoms with Crippen LogP contribution in [0.4, 0.5) is 0 Å². The lowest BCUT2D eigenvalue weighted by Gasteiger charge is -2.24. The molecule has 1 aromatic carbocycles. The number of phenols is 1. The van der Waals surface area contributed by atoms with Gasteiger partial charge in [0.15, 0.2) is 0 Å². The second kappa shape index (κ2) is 13.9. The fourth-order valence-electron chi connectivity index (χ4n) is 2.60. The Morgan fingerprint density at radius 2 is 1.59 bits per heavy atom. The highest BCUT2D eigenvalue weighted by Gasteiger charge is 2.28. The number of nitrogens with one attached hydrogen (secondary N) is 3. The van der Waals surface area contributed by atoms with Gasteiger partial charge in [-0.15, -0.1) is 0 Å². The summed E-state index contributed by atoms with van der Waals surface area (Å²) in [5.41, 5.74) is 6.67. The van der Waals surface area contributed by atoms with Crippen LogP contribution in [-0.2, 0) is 25.6 Å². The van der Waals surface area contributed by atoms with Crippen molar-refractivity contribution in [3.8, 4) is 5.75 Å². The maximum Gasteiger partial charge on any atom is 0.325 e. The number of benzene rings is 1. The molecule has 7 N–H and O–H groups in total. The Morgan fingerprint density at radius 1 is 1.03 bits per heavy atom. The molecule has 0 radical (unpaired) electrons. The zero-order valence-corrected chi connectivity index (χ0v) is 19.6. The molecular weight excluding hydrogens is 456 g/mol. The number of carbonyl (C=O) groups excluding carboxylic acids is 3. The van der Waals surface area contributed by atoms with Gasteiger partial charge in [-0.25, -0.2) is 0 Å². The molecule has 3 amide bonds. The lowest BCUT2D eigenvalue weighted by molar-refractivity contribution is -0.141. The molecule has 12 heteroatoms. The molecular formula is C20H30N4O6S2. The summed E-state index contributed by atoms with van der Waals surface area (Å²) in [7, 11) is 0. The van der Waals surface area contributed by atoms with Gasteiger partial charge in [0.2, 0.25) is 17.7 Å². The number of amides is 3. The van der Waals surface area contributed by atoms with E-state index in [1.807, 2.05) is 6.26 Å². The van der Waals surface area contributed by atoms with Crippen molar-refractivity contribution in [2.75, 3.05) is 17.8 Å². The number of carboxylic acids is 1. The van der Waals surface area contributed by atoms with Crippen LogP contribution in [0, 0.1) is 0 Å². The molecule has 0 saturated carbocycles. The summed E-state index contributed by atoms with van der Waals surface area (Å²) in [6.45, 7) is 1.32. The average molecular weight is 487 g/mol. The number of phenolic OH excluding ortho intramolecular Hbond substituents is 1. The fraction of sp³-hybridized carbons (Fsp3) is 0.500. The number of aliphatic carboxylic acids is 1. The smallest absolute Gasteiger partial charge is 0.325 e. The minimum Gasteiger partial charge on any atom is -0.508 e. The Labute approximate surface area is 196 Å². The monoisotopic (exact) mass is 486 g/mol. The van der Waals surface area contributed by atoms with E-state index < -0.39 is 47.9 Å². The maximum atomic E-state index is 12.7. The van der Waals surface area contributed by atoms with Gasteiger partial charge in [-0.1, -0.05) is 12.1 Å². The van der Waals surface area contributed by atoms with E-state index in [1.165, 1.54) is 30.8 Å².